The Morgan fingerprint density at radius 3 is 2.87 bits per heavy atom. The molecule has 0 bridgehead atoms. The third-order valence-corrected chi connectivity index (χ3v) is 4.06. The summed E-state index contributed by atoms with van der Waals surface area (Å²) in [5, 5.41) is 15.0. The maximum Gasteiger partial charge on any atom is 0.290 e. The van der Waals surface area contributed by atoms with Crippen LogP contribution in [0.3, 0.4) is 0 Å². The molecule has 0 radical (unpaired) electrons. The third-order valence-electron chi connectivity index (χ3n) is 4.06. The second-order valence-electron chi connectivity index (χ2n) is 6.08. The summed E-state index contributed by atoms with van der Waals surface area (Å²) in [7, 11) is 0. The monoisotopic (exact) mass is 317 g/mol. The van der Waals surface area contributed by atoms with Crippen molar-refractivity contribution >= 4 is 11.5 Å². The lowest BCUT2D eigenvalue weighted by atomic mass is 10.2. The molecule has 1 unspecified atom stereocenters. The average Bonchev–Trinajstić information content (AvgIpc) is 3.15. The van der Waals surface area contributed by atoms with Gasteiger partial charge in [-0.2, -0.15) is 4.98 Å². The van der Waals surface area contributed by atoms with Crippen LogP contribution in [0.5, 0.6) is 0 Å². The Hall–Kier alpha value is -2.51. The number of aryl methyl sites for hydroxylation is 1. The summed E-state index contributed by atoms with van der Waals surface area (Å²) >= 11 is 0. The standard InChI is InChI=1S/C15H19N5O3/c1-9(2)15-17-14(18-23-15)11-5-4-6-19(11)13-7-10(3)12(8-16-13)20(21)22/h7-9,11H,4-6H2,1-3H3. The number of rotatable bonds is 4. The highest BCUT2D eigenvalue weighted by atomic mass is 16.6. The first-order valence-electron chi connectivity index (χ1n) is 7.68. The topological polar surface area (TPSA) is 98.2 Å². The highest BCUT2D eigenvalue weighted by molar-refractivity contribution is 5.50. The van der Waals surface area contributed by atoms with Crippen molar-refractivity contribution in [1.29, 1.82) is 0 Å². The molecule has 0 saturated carbocycles. The lowest BCUT2D eigenvalue weighted by molar-refractivity contribution is -0.385. The van der Waals surface area contributed by atoms with Crippen LogP contribution in [0.15, 0.2) is 16.8 Å². The quantitative estimate of drug-likeness (QED) is 0.631. The van der Waals surface area contributed by atoms with E-state index in [9.17, 15) is 10.1 Å². The summed E-state index contributed by atoms with van der Waals surface area (Å²) in [5.41, 5.74) is 0.632. The fourth-order valence-corrected chi connectivity index (χ4v) is 2.81. The van der Waals surface area contributed by atoms with Gasteiger partial charge in [0.15, 0.2) is 5.82 Å². The van der Waals surface area contributed by atoms with E-state index >= 15 is 0 Å². The van der Waals surface area contributed by atoms with Crippen molar-refractivity contribution in [2.75, 3.05) is 11.4 Å². The van der Waals surface area contributed by atoms with Gasteiger partial charge < -0.3 is 9.42 Å². The van der Waals surface area contributed by atoms with E-state index in [0.29, 0.717) is 23.1 Å². The van der Waals surface area contributed by atoms with Crippen molar-refractivity contribution in [1.82, 2.24) is 15.1 Å². The molecule has 1 atom stereocenters. The Balaban J connectivity index is 1.89. The van der Waals surface area contributed by atoms with Gasteiger partial charge in [0.05, 0.1) is 11.0 Å². The second kappa shape index (κ2) is 5.94. The summed E-state index contributed by atoms with van der Waals surface area (Å²) in [6, 6.07) is 1.75. The molecule has 8 nitrogen and oxygen atoms in total. The van der Waals surface area contributed by atoms with Gasteiger partial charge in [0.2, 0.25) is 5.89 Å². The Bertz CT molecular complexity index is 728. The summed E-state index contributed by atoms with van der Waals surface area (Å²) < 4.78 is 5.30. The third kappa shape index (κ3) is 2.88. The minimum absolute atomic E-state index is 0.000365. The predicted octanol–water partition coefficient (Wildman–Crippen LogP) is 3.15. The Kier molecular flexibility index (Phi) is 3.97. The summed E-state index contributed by atoms with van der Waals surface area (Å²) in [4.78, 5) is 21.3. The van der Waals surface area contributed by atoms with Gasteiger partial charge in [-0.05, 0) is 25.8 Å². The van der Waals surface area contributed by atoms with Gasteiger partial charge in [-0.15, -0.1) is 0 Å². The minimum Gasteiger partial charge on any atom is -0.346 e. The van der Waals surface area contributed by atoms with Crippen LogP contribution in [0.1, 0.15) is 55.9 Å². The molecule has 1 aliphatic rings. The minimum atomic E-state index is -0.415. The van der Waals surface area contributed by atoms with Gasteiger partial charge in [-0.25, -0.2) is 4.98 Å². The van der Waals surface area contributed by atoms with Crippen molar-refractivity contribution in [2.24, 2.45) is 0 Å². The largest absolute Gasteiger partial charge is 0.346 e. The maximum atomic E-state index is 10.9. The molecular formula is C15H19N5O3. The maximum absolute atomic E-state index is 10.9. The zero-order valence-corrected chi connectivity index (χ0v) is 13.4. The van der Waals surface area contributed by atoms with E-state index in [2.05, 4.69) is 20.0 Å². The van der Waals surface area contributed by atoms with Gasteiger partial charge in [-0.3, -0.25) is 10.1 Å². The lowest BCUT2D eigenvalue weighted by Crippen LogP contribution is -2.24. The van der Waals surface area contributed by atoms with Crippen LogP contribution in [0, 0.1) is 17.0 Å². The highest BCUT2D eigenvalue weighted by Gasteiger charge is 2.32. The second-order valence-corrected chi connectivity index (χ2v) is 6.08. The van der Waals surface area contributed by atoms with E-state index in [1.54, 1.807) is 13.0 Å². The molecule has 0 spiro atoms. The van der Waals surface area contributed by atoms with Gasteiger partial charge in [0.25, 0.3) is 5.69 Å². The molecule has 122 valence electrons. The molecule has 3 heterocycles. The zero-order chi connectivity index (χ0) is 16.6. The average molecular weight is 317 g/mol. The Morgan fingerprint density at radius 2 is 2.26 bits per heavy atom. The molecule has 1 aliphatic heterocycles. The zero-order valence-electron chi connectivity index (χ0n) is 13.4. The van der Waals surface area contributed by atoms with E-state index in [4.69, 9.17) is 4.52 Å². The molecule has 23 heavy (non-hydrogen) atoms. The number of hydrogen-bond donors (Lipinski definition) is 0. The summed E-state index contributed by atoms with van der Waals surface area (Å²) in [5.74, 6) is 2.18. The van der Waals surface area contributed by atoms with E-state index < -0.39 is 4.92 Å². The molecule has 0 amide bonds. The molecule has 0 aromatic carbocycles. The first-order valence-corrected chi connectivity index (χ1v) is 7.68. The lowest BCUT2D eigenvalue weighted by Gasteiger charge is -2.23. The van der Waals surface area contributed by atoms with E-state index in [0.717, 1.165) is 19.4 Å². The fourth-order valence-electron chi connectivity index (χ4n) is 2.81. The smallest absolute Gasteiger partial charge is 0.290 e. The number of pyridine rings is 1. The number of anilines is 1. The van der Waals surface area contributed by atoms with Crippen LogP contribution < -0.4 is 4.90 Å². The molecule has 8 heteroatoms. The Labute approximate surface area is 133 Å². The van der Waals surface area contributed by atoms with Crippen molar-refractivity contribution in [3.8, 4) is 0 Å². The van der Waals surface area contributed by atoms with Gasteiger partial charge >= 0.3 is 0 Å². The number of nitrogens with zero attached hydrogens (tertiary/aromatic N) is 5. The first-order chi connectivity index (χ1) is 11.0. The molecular weight excluding hydrogens is 298 g/mol. The van der Waals surface area contributed by atoms with Gasteiger partial charge in [0, 0.05) is 18.0 Å². The predicted molar refractivity (Wildman–Crippen MR) is 83.3 cm³/mol. The van der Waals surface area contributed by atoms with Crippen LogP contribution in [0.25, 0.3) is 0 Å². The SMILES string of the molecule is Cc1cc(N2CCCC2c2noc(C(C)C)n2)ncc1[N+](=O)[O-]. The van der Waals surface area contributed by atoms with E-state index in [1.165, 1.54) is 6.20 Å². The molecule has 1 saturated heterocycles. The number of nitro groups is 1. The van der Waals surface area contributed by atoms with Crippen molar-refractivity contribution in [2.45, 2.75) is 45.6 Å². The number of hydrogen-bond acceptors (Lipinski definition) is 7. The van der Waals surface area contributed by atoms with Crippen molar-refractivity contribution in [3.05, 3.63) is 39.7 Å². The first kappa shape index (κ1) is 15.4. The highest BCUT2D eigenvalue weighted by Crippen LogP contribution is 2.35. The van der Waals surface area contributed by atoms with Crippen molar-refractivity contribution in [3.63, 3.8) is 0 Å². The van der Waals surface area contributed by atoms with Crippen molar-refractivity contribution < 1.29 is 9.45 Å². The molecule has 2 aromatic rings. The molecule has 3 rings (SSSR count). The number of aromatic nitrogens is 3. The molecule has 0 aliphatic carbocycles. The summed E-state index contributed by atoms with van der Waals surface area (Å²) in [6.45, 7) is 6.55. The van der Waals surface area contributed by atoms with Crippen LogP contribution in [-0.4, -0.2) is 26.6 Å². The summed E-state index contributed by atoms with van der Waals surface area (Å²) in [6.07, 6.45) is 3.22. The normalized spacial score (nSPS) is 17.9. The van der Waals surface area contributed by atoms with Gasteiger partial charge in [0.1, 0.15) is 12.0 Å². The van der Waals surface area contributed by atoms with Crippen LogP contribution >= 0.6 is 0 Å². The van der Waals surface area contributed by atoms with Crippen LogP contribution in [0.2, 0.25) is 0 Å². The van der Waals surface area contributed by atoms with E-state index in [1.807, 2.05) is 13.8 Å². The van der Waals surface area contributed by atoms with Gasteiger partial charge in [-0.1, -0.05) is 19.0 Å². The fraction of sp³-hybridized carbons (Fsp3) is 0.533. The van der Waals surface area contributed by atoms with Crippen LogP contribution in [0.4, 0.5) is 11.5 Å². The molecule has 0 N–H and O–H groups in total. The Morgan fingerprint density at radius 1 is 1.48 bits per heavy atom. The molecule has 1 fully saturated rings. The van der Waals surface area contributed by atoms with Crippen LogP contribution in [-0.2, 0) is 0 Å². The molecule has 2 aromatic heterocycles. The van der Waals surface area contributed by atoms with E-state index in [-0.39, 0.29) is 17.6 Å².